The molecule has 0 aliphatic carbocycles. The molecule has 4 aromatic rings. The summed E-state index contributed by atoms with van der Waals surface area (Å²) in [7, 11) is 4.50. The average molecular weight is 560 g/mol. The Balaban J connectivity index is 1.55. The fraction of sp³-hybridized carbons (Fsp3) is 0.207. The van der Waals surface area contributed by atoms with Crippen molar-refractivity contribution in [2.75, 3.05) is 32.0 Å². The number of amides is 1. The molecular weight excluding hydrogens is 530 g/mol. The Morgan fingerprint density at radius 1 is 1.02 bits per heavy atom. The Labute approximate surface area is 236 Å². The number of allylic oxidation sites excluding steroid dienone is 1. The van der Waals surface area contributed by atoms with E-state index >= 15 is 0 Å². The summed E-state index contributed by atoms with van der Waals surface area (Å²) < 4.78 is 17.7. The number of thioether (sulfide) groups is 1. The van der Waals surface area contributed by atoms with E-state index < -0.39 is 6.04 Å². The van der Waals surface area contributed by atoms with Gasteiger partial charge in [0.25, 0.3) is 5.91 Å². The van der Waals surface area contributed by atoms with E-state index in [0.717, 1.165) is 5.56 Å². The number of hydrogen-bond acceptors (Lipinski definition) is 9. The van der Waals surface area contributed by atoms with Crippen molar-refractivity contribution in [2.24, 2.45) is 0 Å². The molecule has 1 atom stereocenters. The lowest BCUT2D eigenvalue weighted by Gasteiger charge is -2.29. The molecule has 1 amide bonds. The van der Waals surface area contributed by atoms with Crippen molar-refractivity contribution >= 4 is 29.3 Å². The lowest BCUT2D eigenvalue weighted by Crippen LogP contribution is -2.31. The third-order valence-corrected chi connectivity index (χ3v) is 7.36. The Bertz CT molecular complexity index is 1530. The Kier molecular flexibility index (Phi) is 7.83. The Hall–Kier alpha value is -4.64. The van der Waals surface area contributed by atoms with E-state index in [1.54, 1.807) is 48.2 Å². The summed E-state index contributed by atoms with van der Waals surface area (Å²) in [6.45, 7) is 1.82. The zero-order chi connectivity index (χ0) is 28.2. The van der Waals surface area contributed by atoms with Crippen LogP contribution >= 0.6 is 11.8 Å². The number of methoxy groups -OCH3 is 3. The highest BCUT2D eigenvalue weighted by molar-refractivity contribution is 7.98. The third kappa shape index (κ3) is 5.41. The van der Waals surface area contributed by atoms with Gasteiger partial charge in [0.15, 0.2) is 11.5 Å². The summed E-state index contributed by atoms with van der Waals surface area (Å²) in [6.07, 6.45) is 0. The van der Waals surface area contributed by atoms with Crippen LogP contribution in [-0.4, -0.2) is 47.1 Å². The molecule has 1 aliphatic heterocycles. The molecule has 2 heterocycles. The fourth-order valence-electron chi connectivity index (χ4n) is 4.46. The van der Waals surface area contributed by atoms with Crippen molar-refractivity contribution in [3.8, 4) is 23.0 Å². The lowest BCUT2D eigenvalue weighted by molar-refractivity contribution is -0.113. The number of ether oxygens (including phenoxy) is 3. The van der Waals surface area contributed by atoms with Crippen LogP contribution in [0.1, 0.15) is 24.1 Å². The van der Waals surface area contributed by atoms with E-state index in [-0.39, 0.29) is 23.2 Å². The van der Waals surface area contributed by atoms with Crippen molar-refractivity contribution < 1.29 is 24.1 Å². The second-order valence-corrected chi connectivity index (χ2v) is 9.90. The van der Waals surface area contributed by atoms with E-state index in [9.17, 15) is 9.90 Å². The second-order valence-electron chi connectivity index (χ2n) is 8.96. The fourth-order valence-corrected chi connectivity index (χ4v) is 5.25. The van der Waals surface area contributed by atoms with Gasteiger partial charge in [-0.15, -0.1) is 5.10 Å². The number of anilines is 2. The molecule has 0 saturated heterocycles. The number of aromatic hydroxyl groups is 1. The first kappa shape index (κ1) is 26.9. The van der Waals surface area contributed by atoms with E-state index in [1.165, 1.54) is 26.0 Å². The number of carbonyl (C=O) groups excluding carboxylic acids is 1. The molecule has 5 rings (SSSR count). The predicted molar refractivity (Wildman–Crippen MR) is 153 cm³/mol. The van der Waals surface area contributed by atoms with Crippen molar-refractivity contribution in [2.45, 2.75) is 23.9 Å². The minimum Gasteiger partial charge on any atom is -0.502 e. The third-order valence-electron chi connectivity index (χ3n) is 6.45. The van der Waals surface area contributed by atoms with Crippen LogP contribution in [0.15, 0.2) is 83.2 Å². The van der Waals surface area contributed by atoms with Crippen LogP contribution in [0, 0.1) is 0 Å². The van der Waals surface area contributed by atoms with Crippen LogP contribution in [-0.2, 0) is 10.5 Å². The van der Waals surface area contributed by atoms with Gasteiger partial charge in [0.05, 0.1) is 26.9 Å². The average Bonchev–Trinajstić information content (AvgIpc) is 3.38. The van der Waals surface area contributed by atoms with Gasteiger partial charge in [-0.05, 0) is 54.4 Å². The molecule has 10 nitrogen and oxygen atoms in total. The van der Waals surface area contributed by atoms with E-state index in [0.29, 0.717) is 45.1 Å². The quantitative estimate of drug-likeness (QED) is 0.237. The maximum absolute atomic E-state index is 13.8. The van der Waals surface area contributed by atoms with Crippen molar-refractivity contribution in [1.29, 1.82) is 0 Å². The number of nitrogens with zero attached hydrogens (tertiary/aromatic N) is 3. The molecule has 0 bridgehead atoms. The van der Waals surface area contributed by atoms with Gasteiger partial charge in [0, 0.05) is 17.1 Å². The summed E-state index contributed by atoms with van der Waals surface area (Å²) in [5.41, 5.74) is 3.41. The molecule has 0 radical (unpaired) electrons. The first-order chi connectivity index (χ1) is 19.4. The van der Waals surface area contributed by atoms with Crippen LogP contribution in [0.2, 0.25) is 0 Å². The van der Waals surface area contributed by atoms with Crippen LogP contribution < -0.4 is 24.8 Å². The Morgan fingerprint density at radius 2 is 1.70 bits per heavy atom. The number of carbonyl (C=O) groups is 1. The van der Waals surface area contributed by atoms with Crippen molar-refractivity contribution in [3.63, 3.8) is 0 Å². The molecule has 3 aromatic carbocycles. The molecule has 11 heteroatoms. The number of benzene rings is 3. The topological polar surface area (TPSA) is 120 Å². The van der Waals surface area contributed by atoms with Gasteiger partial charge in [-0.25, -0.2) is 4.68 Å². The summed E-state index contributed by atoms with van der Waals surface area (Å²) in [5.74, 6) is 1.82. The van der Waals surface area contributed by atoms with Gasteiger partial charge in [-0.2, -0.15) is 4.98 Å². The normalized spacial score (nSPS) is 14.2. The van der Waals surface area contributed by atoms with E-state index in [4.69, 9.17) is 24.3 Å². The van der Waals surface area contributed by atoms with E-state index in [2.05, 4.69) is 10.6 Å². The molecule has 1 aliphatic rings. The maximum Gasteiger partial charge on any atom is 0.255 e. The first-order valence-electron chi connectivity index (χ1n) is 12.4. The molecule has 40 heavy (non-hydrogen) atoms. The summed E-state index contributed by atoms with van der Waals surface area (Å²) in [4.78, 5) is 18.5. The minimum absolute atomic E-state index is 0.134. The van der Waals surface area contributed by atoms with Crippen LogP contribution in [0.4, 0.5) is 11.6 Å². The zero-order valence-electron chi connectivity index (χ0n) is 22.5. The van der Waals surface area contributed by atoms with Gasteiger partial charge < -0.3 is 30.0 Å². The van der Waals surface area contributed by atoms with Gasteiger partial charge in [-0.3, -0.25) is 4.79 Å². The summed E-state index contributed by atoms with van der Waals surface area (Å²) in [6, 6.07) is 19.8. The highest BCUT2D eigenvalue weighted by atomic mass is 32.2. The summed E-state index contributed by atoms with van der Waals surface area (Å²) in [5, 5.41) is 22.1. The second kappa shape index (κ2) is 11.6. The highest BCUT2D eigenvalue weighted by Crippen LogP contribution is 2.43. The highest BCUT2D eigenvalue weighted by Gasteiger charge is 2.35. The number of nitrogens with one attached hydrogen (secondary N) is 2. The number of aromatic nitrogens is 3. The Morgan fingerprint density at radius 3 is 2.33 bits per heavy atom. The largest absolute Gasteiger partial charge is 0.502 e. The van der Waals surface area contributed by atoms with Gasteiger partial charge in [0.2, 0.25) is 16.9 Å². The monoisotopic (exact) mass is 559 g/mol. The van der Waals surface area contributed by atoms with Crippen LogP contribution in [0.25, 0.3) is 0 Å². The lowest BCUT2D eigenvalue weighted by atomic mass is 9.94. The molecule has 0 spiro atoms. The van der Waals surface area contributed by atoms with Crippen molar-refractivity contribution in [3.05, 3.63) is 89.1 Å². The summed E-state index contributed by atoms with van der Waals surface area (Å²) >= 11 is 1.50. The number of hydrogen-bond donors (Lipinski definition) is 3. The standard InChI is InChI=1S/C29H29N5O5S/c1-17-24(27(36)31-20-10-12-21(37-2)13-11-20)25(19-14-22(38-3)26(35)23(15-19)39-4)34-28(30-17)32-29(33-34)40-16-18-8-6-5-7-9-18/h5-15,25,35H,16H2,1-4H3,(H,31,36)(H,30,32,33). The zero-order valence-corrected chi connectivity index (χ0v) is 23.3. The molecule has 1 unspecified atom stereocenters. The number of fused-ring (bicyclic) bond motifs is 1. The van der Waals surface area contributed by atoms with Gasteiger partial charge in [-0.1, -0.05) is 42.1 Å². The number of phenols is 1. The molecule has 1 aromatic heterocycles. The smallest absolute Gasteiger partial charge is 0.255 e. The molecule has 3 N–H and O–H groups in total. The van der Waals surface area contributed by atoms with Gasteiger partial charge >= 0.3 is 0 Å². The first-order valence-corrected chi connectivity index (χ1v) is 13.4. The van der Waals surface area contributed by atoms with Crippen LogP contribution in [0.5, 0.6) is 23.0 Å². The van der Waals surface area contributed by atoms with Crippen molar-refractivity contribution in [1.82, 2.24) is 14.8 Å². The SMILES string of the molecule is COc1ccc(NC(=O)C2=C(C)Nc3nc(SCc4ccccc4)nn3C2c2cc(OC)c(O)c(OC)c2)cc1. The van der Waals surface area contributed by atoms with Crippen LogP contribution in [0.3, 0.4) is 0 Å². The molecular formula is C29H29N5O5S. The predicted octanol–water partition coefficient (Wildman–Crippen LogP) is 5.23. The van der Waals surface area contributed by atoms with E-state index in [1.807, 2.05) is 37.3 Å². The molecule has 0 saturated carbocycles. The molecule has 206 valence electrons. The maximum atomic E-state index is 13.8. The number of rotatable bonds is 9. The number of phenolic OH excluding ortho intramolecular Hbond substituents is 1. The minimum atomic E-state index is -0.698. The van der Waals surface area contributed by atoms with Gasteiger partial charge in [0.1, 0.15) is 11.8 Å². The molecule has 0 fully saturated rings.